The number of rotatable bonds is 6. The van der Waals surface area contributed by atoms with E-state index in [4.69, 9.17) is 0 Å². The van der Waals surface area contributed by atoms with Crippen LogP contribution in [0.2, 0.25) is 0 Å². The van der Waals surface area contributed by atoms with Crippen LogP contribution in [0.1, 0.15) is 30.5 Å². The zero-order valence-electron chi connectivity index (χ0n) is 14.9. The fourth-order valence-electron chi connectivity index (χ4n) is 2.48. The third kappa shape index (κ3) is 5.70. The van der Waals surface area contributed by atoms with Gasteiger partial charge in [-0.25, -0.2) is 8.42 Å². The van der Waals surface area contributed by atoms with Crippen molar-refractivity contribution >= 4 is 27.3 Å². The molecular weight excluding hydrogens is 352 g/mol. The van der Waals surface area contributed by atoms with Gasteiger partial charge in [0.25, 0.3) is 0 Å². The van der Waals surface area contributed by atoms with Crippen LogP contribution in [0.4, 0.5) is 5.69 Å². The SMILES string of the molecule is CC(=O)N[C@@H](CC(=O)Nc1ccc(S(C)(=O)=O)cc1)c1ccc(C)cc1. The molecule has 2 aromatic rings. The Hall–Kier alpha value is -2.67. The van der Waals surface area contributed by atoms with Gasteiger partial charge in [-0.15, -0.1) is 0 Å². The number of hydrogen-bond donors (Lipinski definition) is 2. The lowest BCUT2D eigenvalue weighted by Gasteiger charge is -2.18. The molecule has 0 radical (unpaired) electrons. The lowest BCUT2D eigenvalue weighted by Crippen LogP contribution is -2.29. The van der Waals surface area contributed by atoms with Crippen LogP contribution in [0.5, 0.6) is 0 Å². The van der Waals surface area contributed by atoms with Crippen LogP contribution < -0.4 is 10.6 Å². The third-order valence-electron chi connectivity index (χ3n) is 3.81. The van der Waals surface area contributed by atoms with Crippen molar-refractivity contribution < 1.29 is 18.0 Å². The summed E-state index contributed by atoms with van der Waals surface area (Å²) < 4.78 is 22.9. The maximum atomic E-state index is 12.3. The largest absolute Gasteiger partial charge is 0.349 e. The third-order valence-corrected chi connectivity index (χ3v) is 4.94. The van der Waals surface area contributed by atoms with Crippen LogP contribution in [0.25, 0.3) is 0 Å². The molecule has 2 N–H and O–H groups in total. The minimum absolute atomic E-state index is 0.0659. The Balaban J connectivity index is 2.09. The van der Waals surface area contributed by atoms with Crippen LogP contribution in [-0.2, 0) is 19.4 Å². The van der Waals surface area contributed by atoms with E-state index in [-0.39, 0.29) is 23.1 Å². The van der Waals surface area contributed by atoms with Crippen LogP contribution >= 0.6 is 0 Å². The Morgan fingerprint density at radius 2 is 1.58 bits per heavy atom. The van der Waals surface area contributed by atoms with Crippen LogP contribution in [0.15, 0.2) is 53.4 Å². The number of carbonyl (C=O) groups is 2. The summed E-state index contributed by atoms with van der Waals surface area (Å²) in [4.78, 5) is 24.0. The first-order valence-electron chi connectivity index (χ1n) is 8.09. The summed E-state index contributed by atoms with van der Waals surface area (Å²) in [5, 5.41) is 5.50. The van der Waals surface area contributed by atoms with Crippen molar-refractivity contribution in [3.8, 4) is 0 Å². The van der Waals surface area contributed by atoms with Crippen molar-refractivity contribution in [1.29, 1.82) is 0 Å². The number of amides is 2. The monoisotopic (exact) mass is 374 g/mol. The second-order valence-corrected chi connectivity index (χ2v) is 8.23. The molecule has 0 aliphatic heterocycles. The quantitative estimate of drug-likeness (QED) is 0.813. The van der Waals surface area contributed by atoms with Gasteiger partial charge >= 0.3 is 0 Å². The predicted octanol–water partition coefficient (Wildman–Crippen LogP) is 2.60. The van der Waals surface area contributed by atoms with Gasteiger partial charge in [-0.1, -0.05) is 29.8 Å². The van der Waals surface area contributed by atoms with Crippen molar-refractivity contribution in [2.75, 3.05) is 11.6 Å². The average Bonchev–Trinajstić information content (AvgIpc) is 2.54. The smallest absolute Gasteiger partial charge is 0.226 e. The van der Waals surface area contributed by atoms with Crippen LogP contribution in [0.3, 0.4) is 0 Å². The highest BCUT2D eigenvalue weighted by atomic mass is 32.2. The molecule has 0 unspecified atom stereocenters. The fourth-order valence-corrected chi connectivity index (χ4v) is 3.11. The van der Waals surface area contributed by atoms with Gasteiger partial charge < -0.3 is 10.6 Å². The standard InChI is InChI=1S/C19H22N2O4S/c1-13-4-6-15(7-5-13)18(20-14(2)22)12-19(23)21-16-8-10-17(11-9-16)26(3,24)25/h4-11,18H,12H2,1-3H3,(H,20,22)(H,21,23)/t18-/m0/s1. The van der Waals surface area contributed by atoms with E-state index in [2.05, 4.69) is 10.6 Å². The number of benzene rings is 2. The topological polar surface area (TPSA) is 92.3 Å². The molecule has 0 aromatic heterocycles. The minimum atomic E-state index is -3.28. The fraction of sp³-hybridized carbons (Fsp3) is 0.263. The summed E-state index contributed by atoms with van der Waals surface area (Å²) in [6.07, 6.45) is 1.19. The molecule has 138 valence electrons. The second kappa shape index (κ2) is 8.14. The van der Waals surface area contributed by atoms with Gasteiger partial charge in [0.2, 0.25) is 11.8 Å². The second-order valence-electron chi connectivity index (χ2n) is 6.21. The van der Waals surface area contributed by atoms with Crippen molar-refractivity contribution in [3.63, 3.8) is 0 Å². The summed E-state index contributed by atoms with van der Waals surface area (Å²) in [6, 6.07) is 13.1. The molecule has 0 aliphatic carbocycles. The first-order chi connectivity index (χ1) is 12.1. The molecule has 0 saturated carbocycles. The Morgan fingerprint density at radius 1 is 1.00 bits per heavy atom. The molecule has 2 rings (SSSR count). The zero-order chi connectivity index (χ0) is 19.3. The molecule has 0 fully saturated rings. The summed E-state index contributed by atoms with van der Waals surface area (Å²) in [7, 11) is -3.28. The normalized spacial score (nSPS) is 12.3. The highest BCUT2D eigenvalue weighted by Crippen LogP contribution is 2.19. The first kappa shape index (κ1) is 19.7. The van der Waals surface area contributed by atoms with Gasteiger partial charge in [-0.2, -0.15) is 0 Å². The van der Waals surface area contributed by atoms with Gasteiger partial charge in [0.15, 0.2) is 9.84 Å². The molecular formula is C19H22N2O4S. The Bertz CT molecular complexity index is 888. The molecule has 6 nitrogen and oxygen atoms in total. The van der Waals surface area contributed by atoms with E-state index in [0.29, 0.717) is 5.69 Å². The number of aryl methyl sites for hydroxylation is 1. The number of carbonyl (C=O) groups excluding carboxylic acids is 2. The van der Waals surface area contributed by atoms with E-state index in [1.807, 2.05) is 31.2 Å². The summed E-state index contributed by atoms with van der Waals surface area (Å²) in [5.41, 5.74) is 2.42. The van der Waals surface area contributed by atoms with Gasteiger partial charge in [-0.3, -0.25) is 9.59 Å². The Kier molecular flexibility index (Phi) is 6.15. The Labute approximate surface area is 153 Å². The molecule has 0 saturated heterocycles. The first-order valence-corrected chi connectivity index (χ1v) is 9.98. The number of anilines is 1. The summed E-state index contributed by atoms with van der Waals surface area (Å²) in [6.45, 7) is 3.37. The van der Waals surface area contributed by atoms with Crippen molar-refractivity contribution in [2.45, 2.75) is 31.2 Å². The molecule has 2 amide bonds. The molecule has 0 spiro atoms. The lowest BCUT2D eigenvalue weighted by atomic mass is 10.0. The minimum Gasteiger partial charge on any atom is -0.349 e. The van der Waals surface area contributed by atoms with Crippen LogP contribution in [0, 0.1) is 6.92 Å². The van der Waals surface area contributed by atoms with Crippen LogP contribution in [-0.4, -0.2) is 26.5 Å². The molecule has 0 bridgehead atoms. The highest BCUT2D eigenvalue weighted by Gasteiger charge is 2.17. The van der Waals surface area contributed by atoms with Gasteiger partial charge in [0.05, 0.1) is 17.4 Å². The molecule has 0 heterocycles. The van der Waals surface area contributed by atoms with Crippen molar-refractivity contribution in [1.82, 2.24) is 5.32 Å². The summed E-state index contributed by atoms with van der Waals surface area (Å²) in [5.74, 6) is -0.502. The summed E-state index contributed by atoms with van der Waals surface area (Å²) >= 11 is 0. The maximum Gasteiger partial charge on any atom is 0.226 e. The van der Waals surface area contributed by atoms with E-state index < -0.39 is 15.9 Å². The van der Waals surface area contributed by atoms with Gasteiger partial charge in [0, 0.05) is 18.9 Å². The molecule has 26 heavy (non-hydrogen) atoms. The van der Waals surface area contributed by atoms with Gasteiger partial charge in [0.1, 0.15) is 0 Å². The molecule has 0 aliphatic rings. The van der Waals surface area contributed by atoms with E-state index in [1.165, 1.54) is 31.2 Å². The molecule has 2 aromatic carbocycles. The number of nitrogens with one attached hydrogen (secondary N) is 2. The number of hydrogen-bond acceptors (Lipinski definition) is 4. The van der Waals surface area contributed by atoms with E-state index >= 15 is 0 Å². The average molecular weight is 374 g/mol. The Morgan fingerprint density at radius 3 is 2.08 bits per heavy atom. The van der Waals surface area contributed by atoms with Crippen molar-refractivity contribution in [3.05, 3.63) is 59.7 Å². The van der Waals surface area contributed by atoms with Gasteiger partial charge in [-0.05, 0) is 36.8 Å². The van der Waals surface area contributed by atoms with E-state index in [1.54, 1.807) is 0 Å². The van der Waals surface area contributed by atoms with E-state index in [9.17, 15) is 18.0 Å². The molecule has 7 heteroatoms. The highest BCUT2D eigenvalue weighted by molar-refractivity contribution is 7.90. The van der Waals surface area contributed by atoms with E-state index in [0.717, 1.165) is 17.4 Å². The molecule has 1 atom stereocenters. The lowest BCUT2D eigenvalue weighted by molar-refractivity contribution is -0.120. The maximum absolute atomic E-state index is 12.3. The number of sulfone groups is 1. The van der Waals surface area contributed by atoms with Crippen molar-refractivity contribution in [2.24, 2.45) is 0 Å². The predicted molar refractivity (Wildman–Crippen MR) is 101 cm³/mol. The zero-order valence-corrected chi connectivity index (χ0v) is 15.8.